The lowest BCUT2D eigenvalue weighted by Gasteiger charge is -2.37. The van der Waals surface area contributed by atoms with E-state index in [-0.39, 0.29) is 24.0 Å². The van der Waals surface area contributed by atoms with Crippen molar-refractivity contribution in [2.75, 3.05) is 7.05 Å². The smallest absolute Gasteiger partial charge is 0.358 e. The number of benzene rings is 1. The second-order valence-corrected chi connectivity index (χ2v) is 6.85. The number of carbonyl (C=O) groups excluding carboxylic acids is 2. The van der Waals surface area contributed by atoms with Gasteiger partial charge >= 0.3 is 6.18 Å². The van der Waals surface area contributed by atoms with Crippen molar-refractivity contribution in [1.82, 2.24) is 10.2 Å². The van der Waals surface area contributed by atoms with E-state index in [1.807, 2.05) is 0 Å². The number of carbonyl (C=O) groups is 2. The summed E-state index contributed by atoms with van der Waals surface area (Å²) in [6.45, 7) is 1.52. The minimum absolute atomic E-state index is 0.0305. The van der Waals surface area contributed by atoms with Gasteiger partial charge in [0.25, 0.3) is 0 Å². The van der Waals surface area contributed by atoms with Gasteiger partial charge in [-0.15, -0.1) is 0 Å². The topological polar surface area (TPSA) is 75.4 Å². The largest absolute Gasteiger partial charge is 0.417 e. The number of nitrogens with two attached hydrogens (primary N) is 1. The highest BCUT2D eigenvalue weighted by molar-refractivity contribution is 6.41. The van der Waals surface area contributed by atoms with E-state index in [1.165, 1.54) is 14.0 Å². The molecule has 0 saturated heterocycles. The summed E-state index contributed by atoms with van der Waals surface area (Å²) in [5.41, 5.74) is 4.94. The number of nitrogens with zero attached hydrogens (tertiary/aromatic N) is 1. The zero-order valence-electron chi connectivity index (χ0n) is 14.7. The average Bonchev–Trinajstić information content (AvgIpc) is 2.75. The number of fused-ring (bicyclic) bond motifs is 1. The Balaban J connectivity index is 2.32. The Hall–Kier alpha value is -1.67. The zero-order valence-corrected chi connectivity index (χ0v) is 15.5. The van der Waals surface area contributed by atoms with Crippen molar-refractivity contribution in [1.29, 1.82) is 0 Å². The van der Waals surface area contributed by atoms with Crippen molar-refractivity contribution in [3.63, 3.8) is 0 Å². The Morgan fingerprint density at radius 1 is 1.41 bits per heavy atom. The van der Waals surface area contributed by atoms with Crippen LogP contribution in [-0.4, -0.2) is 45.5 Å². The number of hydrogen-bond acceptors (Lipinski definition) is 3. The number of alkyl halides is 3. The maximum absolute atomic E-state index is 13.1. The van der Waals surface area contributed by atoms with Crippen LogP contribution in [0.4, 0.5) is 13.2 Å². The molecule has 5 nitrogen and oxygen atoms in total. The summed E-state index contributed by atoms with van der Waals surface area (Å²) in [6, 6.07) is 0.188. The summed E-state index contributed by atoms with van der Waals surface area (Å²) in [5.74, 6) is -0.971. The first kappa shape index (κ1) is 21.6. The first-order chi connectivity index (χ1) is 12.3. The van der Waals surface area contributed by atoms with E-state index in [0.717, 1.165) is 17.0 Å². The normalized spacial score (nSPS) is 19.5. The van der Waals surface area contributed by atoms with E-state index in [1.54, 1.807) is 0 Å². The lowest BCUT2D eigenvalue weighted by atomic mass is 9.58. The number of likely N-dealkylation sites (N-methyl/N-ethyl adjacent to an activating group) is 1. The second kappa shape index (κ2) is 7.39. The standard InChI is InChI=1S/C16H17B2ClF3N3O2/c1-7-8-5-10(16(20,21)22)11(19)6-9(8)15(17,18)25(7)13(26)4-3-12(23)14(27)24-2/h5-7,12H,3-4,23H2,1-2H3,(H,24,27). The Morgan fingerprint density at radius 2 is 2.00 bits per heavy atom. The van der Waals surface area contributed by atoms with Crippen LogP contribution < -0.4 is 11.1 Å². The number of amides is 2. The number of nitrogens with one attached hydrogen (secondary N) is 1. The van der Waals surface area contributed by atoms with Gasteiger partial charge in [-0.05, 0) is 41.9 Å². The van der Waals surface area contributed by atoms with E-state index >= 15 is 0 Å². The van der Waals surface area contributed by atoms with Crippen molar-refractivity contribution in [2.45, 2.75) is 43.4 Å². The summed E-state index contributed by atoms with van der Waals surface area (Å²) in [7, 11) is 13.6. The molecule has 0 saturated carbocycles. The average molecular weight is 397 g/mol. The minimum Gasteiger partial charge on any atom is -0.358 e. The molecule has 0 bridgehead atoms. The molecule has 0 spiro atoms. The van der Waals surface area contributed by atoms with Crippen LogP contribution in [0.3, 0.4) is 0 Å². The molecule has 0 fully saturated rings. The monoisotopic (exact) mass is 397 g/mol. The molecule has 1 aliphatic heterocycles. The van der Waals surface area contributed by atoms with Gasteiger partial charge in [0.05, 0.1) is 38.4 Å². The third kappa shape index (κ3) is 3.96. The molecule has 1 aliphatic rings. The molecule has 2 atom stereocenters. The number of rotatable bonds is 4. The maximum Gasteiger partial charge on any atom is 0.417 e. The lowest BCUT2D eigenvalue weighted by molar-refractivity contribution is -0.137. The molecule has 1 aromatic rings. The van der Waals surface area contributed by atoms with Crippen LogP contribution in [0.2, 0.25) is 5.02 Å². The molecule has 2 unspecified atom stereocenters. The zero-order chi connectivity index (χ0) is 20.7. The van der Waals surface area contributed by atoms with Crippen LogP contribution >= 0.6 is 11.6 Å². The molecule has 4 radical (unpaired) electrons. The van der Waals surface area contributed by atoms with Gasteiger partial charge in [-0.25, -0.2) is 0 Å². The van der Waals surface area contributed by atoms with Crippen molar-refractivity contribution in [3.8, 4) is 0 Å². The summed E-state index contributed by atoms with van der Waals surface area (Å²) in [4.78, 5) is 25.2. The molecule has 11 heteroatoms. The molecule has 2 amide bonds. The summed E-state index contributed by atoms with van der Waals surface area (Å²) < 4.78 is 39.4. The lowest BCUT2D eigenvalue weighted by Crippen LogP contribution is -2.47. The highest BCUT2D eigenvalue weighted by atomic mass is 35.5. The maximum atomic E-state index is 13.1. The van der Waals surface area contributed by atoms with Gasteiger partial charge in [-0.2, -0.15) is 13.2 Å². The van der Waals surface area contributed by atoms with E-state index < -0.39 is 46.0 Å². The fourth-order valence-electron chi connectivity index (χ4n) is 3.23. The van der Waals surface area contributed by atoms with Crippen molar-refractivity contribution in [2.24, 2.45) is 5.73 Å². The minimum atomic E-state index is -4.66. The third-order valence-electron chi connectivity index (χ3n) is 4.63. The predicted molar refractivity (Wildman–Crippen MR) is 96.2 cm³/mol. The Morgan fingerprint density at radius 3 is 2.52 bits per heavy atom. The van der Waals surface area contributed by atoms with Gasteiger partial charge in [-0.3, -0.25) is 9.59 Å². The van der Waals surface area contributed by atoms with Crippen molar-refractivity contribution in [3.05, 3.63) is 33.8 Å². The fraction of sp³-hybridized carbons (Fsp3) is 0.500. The van der Waals surface area contributed by atoms with E-state index in [9.17, 15) is 22.8 Å². The molecule has 1 aromatic carbocycles. The number of halogens is 4. The van der Waals surface area contributed by atoms with Gasteiger partial charge in [0.1, 0.15) is 0 Å². The molecule has 2 rings (SSSR count). The quantitative estimate of drug-likeness (QED) is 0.758. The molecule has 3 N–H and O–H groups in total. The SMILES string of the molecule is [B]C1([B])c2cc(Cl)c(C(F)(F)F)cc2C(C)N1C(=O)CCC(N)C(=O)NC. The Kier molecular flexibility index (Phi) is 5.92. The summed E-state index contributed by atoms with van der Waals surface area (Å²) >= 11 is 5.75. The van der Waals surface area contributed by atoms with Crippen LogP contribution in [0.15, 0.2) is 12.1 Å². The van der Waals surface area contributed by atoms with Gasteiger partial charge < -0.3 is 16.0 Å². The van der Waals surface area contributed by atoms with Crippen LogP contribution in [0.25, 0.3) is 0 Å². The molecule has 1 heterocycles. The van der Waals surface area contributed by atoms with Crippen LogP contribution in [0, 0.1) is 0 Å². The van der Waals surface area contributed by atoms with Crippen LogP contribution in [-0.2, 0) is 21.1 Å². The summed E-state index contributed by atoms with van der Waals surface area (Å²) in [6.07, 6.45) is -4.78. The molecular formula is C16H17B2ClF3N3O2. The molecule has 142 valence electrons. The van der Waals surface area contributed by atoms with E-state index in [0.29, 0.717) is 0 Å². The Labute approximate surface area is 162 Å². The highest BCUT2D eigenvalue weighted by Gasteiger charge is 2.45. The van der Waals surface area contributed by atoms with Crippen LogP contribution in [0.1, 0.15) is 42.5 Å². The van der Waals surface area contributed by atoms with E-state index in [4.69, 9.17) is 33.0 Å². The molecule has 27 heavy (non-hydrogen) atoms. The second-order valence-electron chi connectivity index (χ2n) is 6.44. The van der Waals surface area contributed by atoms with E-state index in [2.05, 4.69) is 5.32 Å². The van der Waals surface area contributed by atoms with Gasteiger partial charge in [-0.1, -0.05) is 11.6 Å². The Bertz CT molecular complexity index is 774. The van der Waals surface area contributed by atoms with Crippen molar-refractivity contribution >= 4 is 39.1 Å². The van der Waals surface area contributed by atoms with Gasteiger partial charge in [0.2, 0.25) is 11.8 Å². The predicted octanol–water partition coefficient (Wildman–Crippen LogP) is 1.56. The molecule has 0 aliphatic carbocycles. The summed E-state index contributed by atoms with van der Waals surface area (Å²) in [5, 5.41) is -0.0235. The first-order valence-electron chi connectivity index (χ1n) is 8.10. The van der Waals surface area contributed by atoms with Gasteiger partial charge in [0, 0.05) is 13.5 Å². The first-order valence-corrected chi connectivity index (χ1v) is 8.48. The molecule has 0 aromatic heterocycles. The molecular weight excluding hydrogens is 380 g/mol. The van der Waals surface area contributed by atoms with Crippen LogP contribution in [0.5, 0.6) is 0 Å². The third-order valence-corrected chi connectivity index (χ3v) is 4.95. The van der Waals surface area contributed by atoms with Gasteiger partial charge in [0.15, 0.2) is 0 Å². The fourth-order valence-corrected chi connectivity index (χ4v) is 3.50. The van der Waals surface area contributed by atoms with Crippen molar-refractivity contribution < 1.29 is 22.8 Å². The number of hydrogen-bond donors (Lipinski definition) is 2. The highest BCUT2D eigenvalue weighted by Crippen LogP contribution is 2.47.